The Morgan fingerprint density at radius 2 is 1.42 bits per heavy atom. The van der Waals surface area contributed by atoms with E-state index < -0.39 is 11.8 Å². The summed E-state index contributed by atoms with van der Waals surface area (Å²) in [5.41, 5.74) is 4.03. The molecule has 1 fully saturated rings. The topological polar surface area (TPSA) is 76.5 Å². The molecule has 2 amide bonds. The molecule has 38 heavy (non-hydrogen) atoms. The van der Waals surface area contributed by atoms with E-state index in [4.69, 9.17) is 17.0 Å². The van der Waals surface area contributed by atoms with Gasteiger partial charge < -0.3 is 4.74 Å². The number of anilines is 1. The van der Waals surface area contributed by atoms with E-state index in [2.05, 4.69) is 10.3 Å². The molecule has 6 rings (SSSR count). The van der Waals surface area contributed by atoms with Crippen molar-refractivity contribution < 1.29 is 14.3 Å². The number of amides is 2. The first kappa shape index (κ1) is 23.3. The Kier molecular flexibility index (Phi) is 5.99. The predicted molar refractivity (Wildman–Crippen MR) is 150 cm³/mol. The van der Waals surface area contributed by atoms with Crippen LogP contribution in [0, 0.1) is 0 Å². The zero-order chi connectivity index (χ0) is 26.1. The fourth-order valence-corrected chi connectivity index (χ4v) is 4.52. The van der Waals surface area contributed by atoms with Gasteiger partial charge in [0.2, 0.25) is 0 Å². The van der Waals surface area contributed by atoms with Crippen LogP contribution in [0.4, 0.5) is 5.69 Å². The SMILES string of the molecule is O=C1NC(=S)N(c2ccc(Oc3ccccc3)cc2)C(=O)C1=Cc1ccc(-n2cnc3ccccc32)cc1. The molecule has 1 aliphatic heterocycles. The minimum absolute atomic E-state index is 0.0101. The Labute approximate surface area is 223 Å². The molecule has 7 nitrogen and oxygen atoms in total. The zero-order valence-electron chi connectivity index (χ0n) is 19.9. The third kappa shape index (κ3) is 4.44. The van der Waals surface area contributed by atoms with Crippen molar-refractivity contribution in [1.82, 2.24) is 14.9 Å². The van der Waals surface area contributed by atoms with Crippen LogP contribution in [0.15, 0.2) is 115 Å². The highest BCUT2D eigenvalue weighted by Gasteiger charge is 2.34. The number of ether oxygens (including phenoxy) is 1. The Hall–Kier alpha value is -5.08. The number of aromatic nitrogens is 2. The van der Waals surface area contributed by atoms with Crippen LogP contribution in [0.1, 0.15) is 5.56 Å². The maximum absolute atomic E-state index is 13.4. The number of thiocarbonyl (C=S) groups is 1. The van der Waals surface area contributed by atoms with Gasteiger partial charge in [-0.15, -0.1) is 0 Å². The summed E-state index contributed by atoms with van der Waals surface area (Å²) in [4.78, 5) is 31.8. The number of carbonyl (C=O) groups excluding carboxylic acids is 2. The number of hydrogen-bond acceptors (Lipinski definition) is 5. The van der Waals surface area contributed by atoms with Gasteiger partial charge in [-0.3, -0.25) is 24.4 Å². The number of carbonyl (C=O) groups is 2. The van der Waals surface area contributed by atoms with Crippen LogP contribution < -0.4 is 15.0 Å². The van der Waals surface area contributed by atoms with Crippen LogP contribution in [-0.4, -0.2) is 26.5 Å². The highest BCUT2D eigenvalue weighted by Crippen LogP contribution is 2.27. The summed E-state index contributed by atoms with van der Waals surface area (Å²) < 4.78 is 7.81. The van der Waals surface area contributed by atoms with E-state index in [1.54, 1.807) is 36.7 Å². The molecule has 184 valence electrons. The summed E-state index contributed by atoms with van der Waals surface area (Å²) in [6, 6.07) is 31.7. The second kappa shape index (κ2) is 9.76. The molecular formula is C30H20N4O3S. The van der Waals surface area contributed by atoms with Crippen molar-refractivity contribution in [3.8, 4) is 17.2 Å². The number of hydrogen-bond donors (Lipinski definition) is 1. The minimum Gasteiger partial charge on any atom is -0.457 e. The first-order valence-corrected chi connectivity index (χ1v) is 12.2. The molecule has 0 bridgehead atoms. The monoisotopic (exact) mass is 516 g/mol. The van der Waals surface area contributed by atoms with Crippen molar-refractivity contribution in [1.29, 1.82) is 0 Å². The highest BCUT2D eigenvalue weighted by molar-refractivity contribution is 7.80. The number of fused-ring (bicyclic) bond motifs is 1. The van der Waals surface area contributed by atoms with Gasteiger partial charge in [0.05, 0.1) is 16.7 Å². The van der Waals surface area contributed by atoms with Crippen LogP contribution in [0.5, 0.6) is 11.5 Å². The number of nitrogens with zero attached hydrogens (tertiary/aromatic N) is 3. The number of rotatable bonds is 5. The molecule has 1 N–H and O–H groups in total. The molecule has 0 aliphatic carbocycles. The van der Waals surface area contributed by atoms with Gasteiger partial charge in [-0.2, -0.15) is 0 Å². The Morgan fingerprint density at radius 3 is 2.18 bits per heavy atom. The average molecular weight is 517 g/mol. The summed E-state index contributed by atoms with van der Waals surface area (Å²) in [6.07, 6.45) is 3.33. The van der Waals surface area contributed by atoms with Gasteiger partial charge in [0.1, 0.15) is 23.4 Å². The quantitative estimate of drug-likeness (QED) is 0.186. The number of imidazole rings is 1. The number of benzene rings is 4. The van der Waals surface area contributed by atoms with Crippen LogP contribution >= 0.6 is 12.2 Å². The summed E-state index contributed by atoms with van der Waals surface area (Å²) in [5.74, 6) is 0.278. The standard InChI is InChI=1S/C30H20N4O3S/c35-28-25(18-20-10-12-21(13-11-20)33-19-31-26-8-4-5-9-27(26)33)29(36)34(30(38)32-28)22-14-16-24(17-15-22)37-23-6-2-1-3-7-23/h1-19H,(H,32,35,38). The minimum atomic E-state index is -0.537. The molecule has 0 atom stereocenters. The van der Waals surface area contributed by atoms with Crippen LogP contribution in [0.3, 0.4) is 0 Å². The number of nitrogens with one attached hydrogen (secondary N) is 1. The zero-order valence-corrected chi connectivity index (χ0v) is 20.8. The molecule has 0 spiro atoms. The highest BCUT2D eigenvalue weighted by atomic mass is 32.1. The van der Waals surface area contributed by atoms with E-state index in [0.29, 0.717) is 22.7 Å². The van der Waals surface area contributed by atoms with Gasteiger partial charge in [-0.05, 0) is 84.5 Å². The van der Waals surface area contributed by atoms with Gasteiger partial charge in [-0.25, -0.2) is 4.98 Å². The van der Waals surface area contributed by atoms with Crippen molar-refractivity contribution in [2.45, 2.75) is 0 Å². The molecule has 0 unspecified atom stereocenters. The maximum Gasteiger partial charge on any atom is 0.270 e. The van der Waals surface area contributed by atoms with Crippen molar-refractivity contribution in [3.63, 3.8) is 0 Å². The lowest BCUT2D eigenvalue weighted by molar-refractivity contribution is -0.122. The fraction of sp³-hybridized carbons (Fsp3) is 0. The molecule has 2 heterocycles. The second-order valence-electron chi connectivity index (χ2n) is 8.56. The fourth-order valence-electron chi connectivity index (χ4n) is 4.24. The maximum atomic E-state index is 13.4. The van der Waals surface area contributed by atoms with Gasteiger partial charge >= 0.3 is 0 Å². The lowest BCUT2D eigenvalue weighted by atomic mass is 10.1. The van der Waals surface area contributed by atoms with Crippen molar-refractivity contribution in [2.24, 2.45) is 0 Å². The third-order valence-electron chi connectivity index (χ3n) is 6.11. The largest absolute Gasteiger partial charge is 0.457 e. The summed E-state index contributed by atoms with van der Waals surface area (Å²) >= 11 is 5.33. The molecule has 0 radical (unpaired) electrons. The van der Waals surface area contributed by atoms with Crippen molar-refractivity contribution in [2.75, 3.05) is 4.90 Å². The Morgan fingerprint density at radius 1 is 0.763 bits per heavy atom. The summed E-state index contributed by atoms with van der Waals surface area (Å²) in [6.45, 7) is 0. The van der Waals surface area contributed by atoms with E-state index in [-0.39, 0.29) is 10.7 Å². The predicted octanol–water partition coefficient (Wildman–Crippen LogP) is 5.65. The van der Waals surface area contributed by atoms with Crippen molar-refractivity contribution >= 4 is 51.9 Å². The Bertz CT molecular complexity index is 1710. The Balaban J connectivity index is 1.24. The lowest BCUT2D eigenvalue weighted by Gasteiger charge is -2.29. The van der Waals surface area contributed by atoms with Crippen molar-refractivity contribution in [3.05, 3.63) is 121 Å². The summed E-state index contributed by atoms with van der Waals surface area (Å²) in [5, 5.41) is 2.65. The van der Waals surface area contributed by atoms with Gasteiger partial charge in [-0.1, -0.05) is 42.5 Å². The van der Waals surface area contributed by atoms with Gasteiger partial charge in [0.25, 0.3) is 11.8 Å². The smallest absolute Gasteiger partial charge is 0.270 e. The molecule has 1 aromatic heterocycles. The molecule has 0 saturated carbocycles. The van der Waals surface area contributed by atoms with Crippen LogP contribution in [0.2, 0.25) is 0 Å². The number of para-hydroxylation sites is 3. The molecular weight excluding hydrogens is 496 g/mol. The lowest BCUT2D eigenvalue weighted by Crippen LogP contribution is -2.54. The summed E-state index contributed by atoms with van der Waals surface area (Å²) in [7, 11) is 0. The first-order valence-electron chi connectivity index (χ1n) is 11.8. The molecule has 8 heteroatoms. The van der Waals surface area contributed by atoms with E-state index in [0.717, 1.165) is 16.7 Å². The van der Waals surface area contributed by atoms with E-state index >= 15 is 0 Å². The van der Waals surface area contributed by atoms with E-state index in [1.807, 2.05) is 83.4 Å². The van der Waals surface area contributed by atoms with Gasteiger partial charge in [0.15, 0.2) is 5.11 Å². The molecule has 1 aliphatic rings. The first-order chi connectivity index (χ1) is 18.6. The van der Waals surface area contributed by atoms with Gasteiger partial charge in [0, 0.05) is 5.69 Å². The molecule has 1 saturated heterocycles. The van der Waals surface area contributed by atoms with Crippen LogP contribution in [0.25, 0.3) is 22.8 Å². The average Bonchev–Trinajstić information content (AvgIpc) is 3.37. The third-order valence-corrected chi connectivity index (χ3v) is 6.40. The second-order valence-corrected chi connectivity index (χ2v) is 8.95. The normalized spacial score (nSPS) is 14.7. The van der Waals surface area contributed by atoms with E-state index in [1.165, 1.54) is 4.90 Å². The molecule has 4 aromatic carbocycles. The van der Waals surface area contributed by atoms with Crippen LogP contribution in [-0.2, 0) is 9.59 Å². The van der Waals surface area contributed by atoms with E-state index in [9.17, 15) is 9.59 Å². The molecule has 5 aromatic rings.